The maximum atomic E-state index is 10.7. The fraction of sp³-hybridized carbons (Fsp3) is 0.385. The van der Waals surface area contributed by atoms with E-state index in [0.29, 0.717) is 12.3 Å². The Kier molecular flexibility index (Phi) is 5.32. The average molecular weight is 250 g/mol. The number of ether oxygens (including phenoxy) is 1. The SMILES string of the molecule is C=CC(C)Oc1ccc([N+](=O)[O-])cc1CNCC. The van der Waals surface area contributed by atoms with E-state index in [1.54, 1.807) is 12.1 Å². The minimum absolute atomic E-state index is 0.0708. The van der Waals surface area contributed by atoms with Gasteiger partial charge in [-0.1, -0.05) is 19.6 Å². The first-order chi connectivity index (χ1) is 8.58. The van der Waals surface area contributed by atoms with Gasteiger partial charge in [0.25, 0.3) is 5.69 Å². The van der Waals surface area contributed by atoms with E-state index in [4.69, 9.17) is 4.74 Å². The summed E-state index contributed by atoms with van der Waals surface area (Å²) in [5.41, 5.74) is 0.848. The summed E-state index contributed by atoms with van der Waals surface area (Å²) >= 11 is 0. The fourth-order valence-electron chi connectivity index (χ4n) is 1.44. The summed E-state index contributed by atoms with van der Waals surface area (Å²) in [4.78, 5) is 10.3. The lowest BCUT2D eigenvalue weighted by Gasteiger charge is -2.14. The molecule has 1 N–H and O–H groups in total. The molecule has 18 heavy (non-hydrogen) atoms. The largest absolute Gasteiger partial charge is 0.486 e. The molecule has 1 aromatic carbocycles. The van der Waals surface area contributed by atoms with E-state index in [-0.39, 0.29) is 11.8 Å². The standard InChI is InChI=1S/C13H18N2O3/c1-4-10(3)18-13-7-6-12(15(16)17)8-11(13)9-14-5-2/h4,6-8,10,14H,1,5,9H2,2-3H3. The monoisotopic (exact) mass is 250 g/mol. The Labute approximate surface area is 107 Å². The van der Waals surface area contributed by atoms with E-state index < -0.39 is 4.92 Å². The van der Waals surface area contributed by atoms with Crippen LogP contribution in [0.5, 0.6) is 5.75 Å². The second-order valence-electron chi connectivity index (χ2n) is 3.89. The molecule has 5 nitrogen and oxygen atoms in total. The van der Waals surface area contributed by atoms with Gasteiger partial charge >= 0.3 is 0 Å². The molecule has 0 aliphatic rings. The molecular weight excluding hydrogens is 232 g/mol. The zero-order valence-electron chi connectivity index (χ0n) is 10.7. The van der Waals surface area contributed by atoms with Gasteiger partial charge in [0.05, 0.1) is 4.92 Å². The highest BCUT2D eigenvalue weighted by molar-refractivity contribution is 5.44. The highest BCUT2D eigenvalue weighted by Gasteiger charge is 2.12. The lowest BCUT2D eigenvalue weighted by atomic mass is 10.1. The van der Waals surface area contributed by atoms with Crippen LogP contribution in [0.4, 0.5) is 5.69 Å². The van der Waals surface area contributed by atoms with Gasteiger partial charge < -0.3 is 10.1 Å². The van der Waals surface area contributed by atoms with Gasteiger partial charge in [0, 0.05) is 24.2 Å². The molecule has 1 atom stereocenters. The quantitative estimate of drug-likeness (QED) is 0.459. The molecule has 0 radical (unpaired) electrons. The number of non-ortho nitro benzene ring substituents is 1. The molecule has 1 unspecified atom stereocenters. The van der Waals surface area contributed by atoms with E-state index >= 15 is 0 Å². The lowest BCUT2D eigenvalue weighted by Crippen LogP contribution is -2.15. The van der Waals surface area contributed by atoms with Crippen LogP contribution < -0.4 is 10.1 Å². The van der Waals surface area contributed by atoms with Gasteiger partial charge in [0.15, 0.2) is 0 Å². The van der Waals surface area contributed by atoms with Crippen LogP contribution in [-0.4, -0.2) is 17.6 Å². The van der Waals surface area contributed by atoms with Crippen molar-refractivity contribution in [3.8, 4) is 5.75 Å². The van der Waals surface area contributed by atoms with Crippen LogP contribution in [0, 0.1) is 10.1 Å². The Hall–Kier alpha value is -1.88. The summed E-state index contributed by atoms with van der Waals surface area (Å²) in [5, 5.41) is 13.9. The van der Waals surface area contributed by atoms with Crippen LogP contribution in [0.25, 0.3) is 0 Å². The Morgan fingerprint density at radius 3 is 2.89 bits per heavy atom. The van der Waals surface area contributed by atoms with Crippen LogP contribution in [0.15, 0.2) is 30.9 Å². The van der Waals surface area contributed by atoms with Gasteiger partial charge in [-0.05, 0) is 19.5 Å². The topological polar surface area (TPSA) is 64.4 Å². The molecule has 0 bridgehead atoms. The summed E-state index contributed by atoms with van der Waals surface area (Å²) in [6.45, 7) is 8.82. The van der Waals surface area contributed by atoms with E-state index in [1.807, 2.05) is 13.8 Å². The first-order valence-corrected chi connectivity index (χ1v) is 5.85. The Balaban J connectivity index is 2.99. The van der Waals surface area contributed by atoms with Crippen molar-refractivity contribution in [2.24, 2.45) is 0 Å². The third kappa shape index (κ3) is 3.85. The van der Waals surface area contributed by atoms with Gasteiger partial charge in [-0.25, -0.2) is 0 Å². The van der Waals surface area contributed by atoms with Crippen molar-refractivity contribution in [3.63, 3.8) is 0 Å². The zero-order chi connectivity index (χ0) is 13.5. The van der Waals surface area contributed by atoms with Crippen molar-refractivity contribution < 1.29 is 9.66 Å². The second kappa shape index (κ2) is 6.76. The summed E-state index contributed by atoms with van der Waals surface area (Å²) in [5.74, 6) is 0.647. The van der Waals surface area contributed by atoms with E-state index in [9.17, 15) is 10.1 Å². The van der Waals surface area contributed by atoms with Crippen molar-refractivity contribution in [2.45, 2.75) is 26.5 Å². The summed E-state index contributed by atoms with van der Waals surface area (Å²) in [6, 6.07) is 4.61. The number of nitrogens with zero attached hydrogens (tertiary/aromatic N) is 1. The first kappa shape index (κ1) is 14.2. The van der Waals surface area contributed by atoms with E-state index in [2.05, 4.69) is 11.9 Å². The van der Waals surface area contributed by atoms with Gasteiger partial charge in [-0.3, -0.25) is 10.1 Å². The molecule has 1 rings (SSSR count). The summed E-state index contributed by atoms with van der Waals surface area (Å²) in [7, 11) is 0. The van der Waals surface area contributed by atoms with Crippen LogP contribution in [-0.2, 0) is 6.54 Å². The van der Waals surface area contributed by atoms with E-state index in [1.165, 1.54) is 12.1 Å². The van der Waals surface area contributed by atoms with Gasteiger partial charge in [-0.2, -0.15) is 0 Å². The first-order valence-electron chi connectivity index (χ1n) is 5.85. The van der Waals surface area contributed by atoms with Crippen LogP contribution in [0.1, 0.15) is 19.4 Å². The minimum atomic E-state index is -0.407. The molecule has 1 aromatic rings. The minimum Gasteiger partial charge on any atom is -0.486 e. The number of nitro benzene ring substituents is 1. The summed E-state index contributed by atoms with van der Waals surface area (Å²) in [6.07, 6.45) is 1.55. The molecule has 0 aliphatic heterocycles. The normalized spacial score (nSPS) is 11.9. The van der Waals surface area contributed by atoms with E-state index in [0.717, 1.165) is 12.1 Å². The number of hydrogen-bond donors (Lipinski definition) is 1. The van der Waals surface area contributed by atoms with Gasteiger partial charge in [-0.15, -0.1) is 0 Å². The predicted octanol–water partition coefficient (Wildman–Crippen LogP) is 2.66. The van der Waals surface area contributed by atoms with Crippen molar-refractivity contribution in [1.29, 1.82) is 0 Å². The van der Waals surface area contributed by atoms with Crippen LogP contribution in [0.2, 0.25) is 0 Å². The highest BCUT2D eigenvalue weighted by atomic mass is 16.6. The average Bonchev–Trinajstić information content (AvgIpc) is 2.37. The molecule has 0 aromatic heterocycles. The maximum absolute atomic E-state index is 10.7. The van der Waals surface area contributed by atoms with Gasteiger partial charge in [0.1, 0.15) is 11.9 Å². The molecule has 0 saturated carbocycles. The highest BCUT2D eigenvalue weighted by Crippen LogP contribution is 2.25. The predicted molar refractivity (Wildman–Crippen MR) is 70.8 cm³/mol. The molecule has 0 fully saturated rings. The number of nitro groups is 1. The molecule has 5 heteroatoms. The molecular formula is C13H18N2O3. The summed E-state index contributed by atoms with van der Waals surface area (Å²) < 4.78 is 5.65. The van der Waals surface area contributed by atoms with Crippen molar-refractivity contribution in [3.05, 3.63) is 46.5 Å². The molecule has 0 saturated heterocycles. The number of rotatable bonds is 7. The second-order valence-corrected chi connectivity index (χ2v) is 3.89. The van der Waals surface area contributed by atoms with Crippen molar-refractivity contribution in [2.75, 3.05) is 6.54 Å². The van der Waals surface area contributed by atoms with Gasteiger partial charge in [0.2, 0.25) is 0 Å². The van der Waals surface area contributed by atoms with Crippen molar-refractivity contribution >= 4 is 5.69 Å². The third-order valence-corrected chi connectivity index (χ3v) is 2.47. The smallest absolute Gasteiger partial charge is 0.270 e. The number of hydrogen-bond acceptors (Lipinski definition) is 4. The maximum Gasteiger partial charge on any atom is 0.270 e. The zero-order valence-corrected chi connectivity index (χ0v) is 10.7. The number of benzene rings is 1. The molecule has 0 heterocycles. The molecule has 0 aliphatic carbocycles. The Morgan fingerprint density at radius 2 is 2.33 bits per heavy atom. The van der Waals surface area contributed by atoms with Crippen LogP contribution >= 0.6 is 0 Å². The Morgan fingerprint density at radius 1 is 1.61 bits per heavy atom. The number of nitrogens with one attached hydrogen (secondary N) is 1. The fourth-order valence-corrected chi connectivity index (χ4v) is 1.44. The van der Waals surface area contributed by atoms with Crippen LogP contribution in [0.3, 0.4) is 0 Å². The third-order valence-electron chi connectivity index (χ3n) is 2.47. The molecule has 0 amide bonds. The molecule has 0 spiro atoms. The molecule has 98 valence electrons. The Bertz CT molecular complexity index is 432. The lowest BCUT2D eigenvalue weighted by molar-refractivity contribution is -0.384. The van der Waals surface area contributed by atoms with Crippen molar-refractivity contribution in [1.82, 2.24) is 5.32 Å².